The second-order valence-corrected chi connectivity index (χ2v) is 4.98. The smallest absolute Gasteiger partial charge is 0.183 e. The number of carbonyl (C=O) groups is 1. The number of hydrogen-bond acceptors (Lipinski definition) is 3. The van der Waals surface area contributed by atoms with Crippen LogP contribution in [0.4, 0.5) is 0 Å². The Bertz CT molecular complexity index is 649. The number of ketones is 1. The Morgan fingerprint density at radius 2 is 2.14 bits per heavy atom. The van der Waals surface area contributed by atoms with Gasteiger partial charge in [-0.15, -0.1) is 0 Å². The van der Waals surface area contributed by atoms with Crippen LogP contribution in [0.15, 0.2) is 24.3 Å². The van der Waals surface area contributed by atoms with Gasteiger partial charge in [0.1, 0.15) is 5.69 Å². The summed E-state index contributed by atoms with van der Waals surface area (Å²) in [5.41, 5.74) is 3.55. The third kappa shape index (κ3) is 3.01. The summed E-state index contributed by atoms with van der Waals surface area (Å²) in [6, 6.07) is 7.51. The molecule has 0 amide bonds. The van der Waals surface area contributed by atoms with Crippen molar-refractivity contribution in [3.63, 3.8) is 0 Å². The highest BCUT2D eigenvalue weighted by Crippen LogP contribution is 2.25. The van der Waals surface area contributed by atoms with Crippen LogP contribution in [-0.2, 0) is 13.1 Å². The molecule has 0 saturated heterocycles. The molecule has 0 unspecified atom stereocenters. The van der Waals surface area contributed by atoms with E-state index in [1.807, 2.05) is 49.7 Å². The van der Waals surface area contributed by atoms with Crippen LogP contribution in [-0.4, -0.2) is 15.6 Å². The highest BCUT2D eigenvalue weighted by atomic mass is 35.5. The van der Waals surface area contributed by atoms with Crippen molar-refractivity contribution in [1.82, 2.24) is 15.1 Å². The summed E-state index contributed by atoms with van der Waals surface area (Å²) in [4.78, 5) is 12.0. The Balaban J connectivity index is 0.000000774. The lowest BCUT2D eigenvalue weighted by Crippen LogP contribution is -2.10. The fraction of sp³-hybridized carbons (Fsp3) is 0.375. The molecule has 0 fully saturated rings. The molecule has 3 rings (SSSR count). The van der Waals surface area contributed by atoms with Crippen molar-refractivity contribution in [3.05, 3.63) is 46.2 Å². The van der Waals surface area contributed by atoms with E-state index in [9.17, 15) is 4.79 Å². The number of halogens is 1. The topological polar surface area (TPSA) is 46.9 Å². The van der Waals surface area contributed by atoms with E-state index in [1.54, 1.807) is 0 Å². The molecule has 0 bridgehead atoms. The van der Waals surface area contributed by atoms with Crippen LogP contribution in [0, 0.1) is 0 Å². The van der Waals surface area contributed by atoms with E-state index in [-0.39, 0.29) is 5.78 Å². The number of nitrogens with zero attached hydrogens (tertiary/aromatic N) is 2. The molecule has 21 heavy (non-hydrogen) atoms. The van der Waals surface area contributed by atoms with Crippen molar-refractivity contribution < 1.29 is 4.79 Å². The average molecular weight is 306 g/mol. The van der Waals surface area contributed by atoms with E-state index < -0.39 is 0 Å². The minimum Gasteiger partial charge on any atom is -0.307 e. The molecule has 1 N–H and O–H groups in total. The summed E-state index contributed by atoms with van der Waals surface area (Å²) in [6.07, 6.45) is 0.471. The second kappa shape index (κ2) is 6.87. The van der Waals surface area contributed by atoms with Gasteiger partial charge in [-0.05, 0) is 18.2 Å². The van der Waals surface area contributed by atoms with Crippen molar-refractivity contribution in [3.8, 4) is 5.69 Å². The molecule has 0 saturated carbocycles. The Labute approximate surface area is 130 Å². The maximum atomic E-state index is 12.0. The van der Waals surface area contributed by atoms with Crippen molar-refractivity contribution in [2.75, 3.05) is 0 Å². The first kappa shape index (κ1) is 15.7. The number of hydrogen-bond donors (Lipinski definition) is 1. The lowest BCUT2D eigenvalue weighted by atomic mass is 10.1. The molecule has 0 spiro atoms. The molecular formula is C16H20ClN3O. The molecule has 1 aliphatic heterocycles. The zero-order chi connectivity index (χ0) is 15.4. The molecule has 1 aromatic heterocycles. The number of rotatable bonds is 3. The van der Waals surface area contributed by atoms with Crippen molar-refractivity contribution in [2.45, 2.75) is 40.3 Å². The molecule has 2 heterocycles. The number of carbonyl (C=O) groups excluding carboxylic acids is 1. The first-order chi connectivity index (χ1) is 10.2. The molecular weight excluding hydrogens is 286 g/mol. The van der Waals surface area contributed by atoms with Gasteiger partial charge in [0.25, 0.3) is 0 Å². The van der Waals surface area contributed by atoms with Gasteiger partial charge in [-0.2, -0.15) is 5.10 Å². The van der Waals surface area contributed by atoms with E-state index in [0.717, 1.165) is 23.5 Å². The highest BCUT2D eigenvalue weighted by molar-refractivity contribution is 6.30. The van der Waals surface area contributed by atoms with E-state index in [1.165, 1.54) is 0 Å². The molecule has 4 nitrogen and oxygen atoms in total. The van der Waals surface area contributed by atoms with Gasteiger partial charge in [0.05, 0.1) is 11.4 Å². The van der Waals surface area contributed by atoms with Crippen molar-refractivity contribution in [1.29, 1.82) is 0 Å². The monoisotopic (exact) mass is 305 g/mol. The lowest BCUT2D eigenvalue weighted by Gasteiger charge is -2.05. The van der Waals surface area contributed by atoms with Gasteiger partial charge in [-0.3, -0.25) is 4.79 Å². The Morgan fingerprint density at radius 1 is 1.38 bits per heavy atom. The molecule has 0 aliphatic carbocycles. The summed E-state index contributed by atoms with van der Waals surface area (Å²) in [5, 5.41) is 8.41. The number of aromatic nitrogens is 2. The quantitative estimate of drug-likeness (QED) is 0.879. The van der Waals surface area contributed by atoms with Crippen molar-refractivity contribution in [2.24, 2.45) is 0 Å². The van der Waals surface area contributed by atoms with Gasteiger partial charge < -0.3 is 5.32 Å². The number of Topliss-reactive ketones (excluding diaryl/α,β-unsaturated/α-hetero) is 1. The van der Waals surface area contributed by atoms with Crippen LogP contribution in [0.5, 0.6) is 0 Å². The molecule has 112 valence electrons. The van der Waals surface area contributed by atoms with Crippen LogP contribution in [0.3, 0.4) is 0 Å². The Morgan fingerprint density at radius 3 is 2.81 bits per heavy atom. The van der Waals surface area contributed by atoms with Crippen LogP contribution in [0.1, 0.15) is 48.9 Å². The maximum Gasteiger partial charge on any atom is 0.183 e. The molecule has 0 radical (unpaired) electrons. The molecule has 1 aliphatic rings. The van der Waals surface area contributed by atoms with Gasteiger partial charge >= 0.3 is 0 Å². The Hall–Kier alpha value is -1.65. The summed E-state index contributed by atoms with van der Waals surface area (Å²) in [6.45, 7) is 7.29. The fourth-order valence-electron chi connectivity index (χ4n) is 2.37. The minimum atomic E-state index is 0.0840. The van der Waals surface area contributed by atoms with Gasteiger partial charge in [0.2, 0.25) is 0 Å². The molecule has 5 heteroatoms. The molecule has 1 aromatic carbocycles. The number of fused-ring (bicyclic) bond motifs is 1. The van der Waals surface area contributed by atoms with Crippen LogP contribution in [0.25, 0.3) is 5.69 Å². The predicted octanol–water partition coefficient (Wildman–Crippen LogP) is 3.75. The van der Waals surface area contributed by atoms with Gasteiger partial charge in [0.15, 0.2) is 5.78 Å². The van der Waals surface area contributed by atoms with Gasteiger partial charge in [-0.25, -0.2) is 4.68 Å². The van der Waals surface area contributed by atoms with E-state index in [0.29, 0.717) is 23.7 Å². The minimum absolute atomic E-state index is 0.0840. The van der Waals surface area contributed by atoms with Crippen LogP contribution in [0.2, 0.25) is 5.02 Å². The first-order valence-corrected chi connectivity index (χ1v) is 7.69. The summed E-state index contributed by atoms with van der Waals surface area (Å²) >= 11 is 6.02. The van der Waals surface area contributed by atoms with E-state index in [4.69, 9.17) is 11.6 Å². The summed E-state index contributed by atoms with van der Waals surface area (Å²) in [7, 11) is 0. The largest absolute Gasteiger partial charge is 0.307 e. The molecule has 2 aromatic rings. The summed E-state index contributed by atoms with van der Waals surface area (Å²) < 4.78 is 1.82. The Kier molecular flexibility index (Phi) is 5.15. The average Bonchev–Trinajstić information content (AvgIpc) is 3.10. The second-order valence-electron chi connectivity index (χ2n) is 4.55. The number of nitrogens with one attached hydrogen (secondary N) is 1. The van der Waals surface area contributed by atoms with E-state index >= 15 is 0 Å². The lowest BCUT2D eigenvalue weighted by molar-refractivity contribution is 0.0982. The van der Waals surface area contributed by atoms with Crippen LogP contribution >= 0.6 is 11.6 Å². The third-order valence-electron chi connectivity index (χ3n) is 3.32. The van der Waals surface area contributed by atoms with Crippen molar-refractivity contribution >= 4 is 17.4 Å². The predicted molar refractivity (Wildman–Crippen MR) is 85.1 cm³/mol. The fourth-order valence-corrected chi connectivity index (χ4v) is 2.56. The third-order valence-corrected chi connectivity index (χ3v) is 3.56. The summed E-state index contributed by atoms with van der Waals surface area (Å²) in [5.74, 6) is 0.0840. The highest BCUT2D eigenvalue weighted by Gasteiger charge is 2.25. The van der Waals surface area contributed by atoms with E-state index in [2.05, 4.69) is 10.4 Å². The maximum absolute atomic E-state index is 12.0. The molecule has 0 atom stereocenters. The normalized spacial score (nSPS) is 12.6. The zero-order valence-corrected chi connectivity index (χ0v) is 13.4. The van der Waals surface area contributed by atoms with Gasteiger partial charge in [0, 0.05) is 30.1 Å². The number of benzene rings is 1. The van der Waals surface area contributed by atoms with Gasteiger partial charge in [-0.1, -0.05) is 38.4 Å². The first-order valence-electron chi connectivity index (χ1n) is 7.31. The standard InChI is InChI=1S/C14H14ClN3O.C2H6/c1-2-13(19)14-11-7-16-8-12(11)18(17-14)10-5-3-4-9(15)6-10;1-2/h3-6,16H,2,7-8H2,1H3;1-2H3. The SMILES string of the molecule is CC.CCC(=O)c1nn(-c2cccc(Cl)c2)c2c1CNC2. The van der Waals surface area contributed by atoms with Crippen LogP contribution < -0.4 is 5.32 Å². The zero-order valence-electron chi connectivity index (χ0n) is 12.6.